The SMILES string of the molecule is Cc1nc(C(C)NC(=O)C2[C@]3(N)CN(N)C[C@]23N)c2cccc(C)c2n1. The van der Waals surface area contributed by atoms with Crippen LogP contribution in [0.25, 0.3) is 10.9 Å². The number of hydrogen-bond donors (Lipinski definition) is 4. The molecule has 1 aromatic heterocycles. The van der Waals surface area contributed by atoms with Crippen molar-refractivity contribution in [1.82, 2.24) is 20.3 Å². The number of fused-ring (bicyclic) bond motifs is 2. The summed E-state index contributed by atoms with van der Waals surface area (Å²) in [4.78, 5) is 21.9. The van der Waals surface area contributed by atoms with E-state index in [1.807, 2.05) is 39.0 Å². The molecule has 0 spiro atoms. The molecule has 0 bridgehead atoms. The second-order valence-corrected chi connectivity index (χ2v) is 7.78. The van der Waals surface area contributed by atoms with Crippen LogP contribution in [0.1, 0.15) is 30.0 Å². The van der Waals surface area contributed by atoms with Gasteiger partial charge in [0.1, 0.15) is 5.82 Å². The summed E-state index contributed by atoms with van der Waals surface area (Å²) in [7, 11) is 0. The van der Waals surface area contributed by atoms with Crippen LogP contribution in [0.5, 0.6) is 0 Å². The molecular weight excluding hydrogens is 330 g/mol. The van der Waals surface area contributed by atoms with Crippen LogP contribution < -0.4 is 22.6 Å². The number of aryl methyl sites for hydroxylation is 2. The first-order chi connectivity index (χ1) is 12.2. The molecule has 1 saturated carbocycles. The summed E-state index contributed by atoms with van der Waals surface area (Å²) in [5, 5.41) is 5.56. The van der Waals surface area contributed by atoms with Gasteiger partial charge in [-0.1, -0.05) is 18.2 Å². The molecule has 2 heterocycles. The molecule has 2 fully saturated rings. The summed E-state index contributed by atoms with van der Waals surface area (Å²) in [6.07, 6.45) is 0. The Hall–Kier alpha value is -2.13. The summed E-state index contributed by atoms with van der Waals surface area (Å²) in [5.74, 6) is 5.89. The number of carbonyl (C=O) groups is 1. The number of rotatable bonds is 3. The summed E-state index contributed by atoms with van der Waals surface area (Å²) in [6, 6.07) is 5.68. The molecule has 7 N–H and O–H groups in total. The molecule has 1 amide bonds. The lowest BCUT2D eigenvalue weighted by molar-refractivity contribution is -0.124. The molecule has 138 valence electrons. The van der Waals surface area contributed by atoms with Gasteiger partial charge in [-0.15, -0.1) is 0 Å². The van der Waals surface area contributed by atoms with Gasteiger partial charge in [0, 0.05) is 18.5 Å². The minimum atomic E-state index is -0.758. The fraction of sp³-hybridized carbons (Fsp3) is 0.500. The maximum Gasteiger partial charge on any atom is 0.227 e. The number of benzene rings is 1. The van der Waals surface area contributed by atoms with E-state index < -0.39 is 17.0 Å². The van der Waals surface area contributed by atoms with Crippen molar-refractivity contribution in [1.29, 1.82) is 0 Å². The second kappa shape index (κ2) is 5.43. The Labute approximate surface area is 152 Å². The van der Waals surface area contributed by atoms with Gasteiger partial charge in [-0.2, -0.15) is 0 Å². The van der Waals surface area contributed by atoms with E-state index in [4.69, 9.17) is 17.3 Å². The zero-order valence-electron chi connectivity index (χ0n) is 15.3. The topological polar surface area (TPSA) is 136 Å². The van der Waals surface area contributed by atoms with Crippen LogP contribution >= 0.6 is 0 Å². The summed E-state index contributed by atoms with van der Waals surface area (Å²) < 4.78 is 0. The largest absolute Gasteiger partial charge is 0.348 e. The average molecular weight is 355 g/mol. The van der Waals surface area contributed by atoms with E-state index >= 15 is 0 Å². The molecular formula is C18H25N7O. The van der Waals surface area contributed by atoms with Gasteiger partial charge in [-0.05, 0) is 26.3 Å². The van der Waals surface area contributed by atoms with E-state index in [-0.39, 0.29) is 11.9 Å². The maximum atomic E-state index is 12.8. The second-order valence-electron chi connectivity index (χ2n) is 7.78. The van der Waals surface area contributed by atoms with Gasteiger partial charge in [-0.3, -0.25) is 10.6 Å². The summed E-state index contributed by atoms with van der Waals surface area (Å²) in [5.41, 5.74) is 13.9. The van der Waals surface area contributed by atoms with Crippen LogP contribution in [0, 0.1) is 19.8 Å². The fourth-order valence-electron chi connectivity index (χ4n) is 4.45. The van der Waals surface area contributed by atoms with Gasteiger partial charge >= 0.3 is 0 Å². The highest BCUT2D eigenvalue weighted by Gasteiger charge is 2.79. The molecule has 4 rings (SSSR count). The first-order valence-electron chi connectivity index (χ1n) is 8.79. The number of nitrogens with one attached hydrogen (secondary N) is 1. The zero-order chi connectivity index (χ0) is 18.9. The number of hydrogen-bond acceptors (Lipinski definition) is 7. The highest BCUT2D eigenvalue weighted by molar-refractivity contribution is 5.89. The van der Waals surface area contributed by atoms with Crippen LogP contribution in [-0.2, 0) is 4.79 Å². The predicted molar refractivity (Wildman–Crippen MR) is 98.7 cm³/mol. The summed E-state index contributed by atoms with van der Waals surface area (Å²) in [6.45, 7) is 6.63. The van der Waals surface area contributed by atoms with E-state index in [9.17, 15) is 4.79 Å². The molecule has 2 unspecified atom stereocenters. The zero-order valence-corrected chi connectivity index (χ0v) is 15.3. The van der Waals surface area contributed by atoms with Crippen molar-refractivity contribution in [3.8, 4) is 0 Å². The molecule has 26 heavy (non-hydrogen) atoms. The predicted octanol–water partition coefficient (Wildman–Crippen LogP) is -0.362. The molecule has 1 saturated heterocycles. The molecule has 1 aliphatic heterocycles. The van der Waals surface area contributed by atoms with Crippen molar-refractivity contribution >= 4 is 16.8 Å². The molecule has 1 aliphatic carbocycles. The lowest BCUT2D eigenvalue weighted by Gasteiger charge is -2.20. The molecule has 2 aromatic rings. The van der Waals surface area contributed by atoms with Crippen molar-refractivity contribution in [3.63, 3.8) is 0 Å². The standard InChI is InChI=1S/C18H25N7O/c1-9-5-4-6-12-13(9)23-11(3)24-14(12)10(2)22-16(26)15-17(19)7-25(21)8-18(15,17)20/h4-6,10,15H,7-8,19-21H2,1-3H3,(H,22,26)/t10?,15?,17-,18+. The van der Waals surface area contributed by atoms with E-state index in [1.54, 1.807) is 5.01 Å². The van der Waals surface area contributed by atoms with Crippen molar-refractivity contribution < 1.29 is 4.79 Å². The first-order valence-corrected chi connectivity index (χ1v) is 8.79. The number of para-hydroxylation sites is 1. The molecule has 4 atom stereocenters. The van der Waals surface area contributed by atoms with Gasteiger partial charge < -0.3 is 16.8 Å². The first kappa shape index (κ1) is 17.3. The van der Waals surface area contributed by atoms with E-state index in [1.165, 1.54) is 0 Å². The highest BCUT2D eigenvalue weighted by atomic mass is 16.2. The maximum absolute atomic E-state index is 12.8. The third-order valence-electron chi connectivity index (χ3n) is 5.84. The van der Waals surface area contributed by atoms with Crippen molar-refractivity contribution in [2.75, 3.05) is 13.1 Å². The highest BCUT2D eigenvalue weighted by Crippen LogP contribution is 2.55. The quantitative estimate of drug-likeness (QED) is 0.552. The van der Waals surface area contributed by atoms with Gasteiger partial charge in [0.25, 0.3) is 0 Å². The van der Waals surface area contributed by atoms with Gasteiger partial charge in [-0.25, -0.2) is 15.0 Å². The lowest BCUT2D eigenvalue weighted by Crippen LogP contribution is -2.44. The number of nitrogens with two attached hydrogens (primary N) is 3. The van der Waals surface area contributed by atoms with Gasteiger partial charge in [0.15, 0.2) is 0 Å². The van der Waals surface area contributed by atoms with Gasteiger partial charge in [0.2, 0.25) is 5.91 Å². The van der Waals surface area contributed by atoms with Crippen LogP contribution in [0.15, 0.2) is 18.2 Å². The monoisotopic (exact) mass is 355 g/mol. The van der Waals surface area contributed by atoms with Crippen molar-refractivity contribution in [2.45, 2.75) is 37.9 Å². The van der Waals surface area contributed by atoms with Crippen molar-refractivity contribution in [3.05, 3.63) is 35.3 Å². The average Bonchev–Trinajstić information content (AvgIpc) is 2.88. The van der Waals surface area contributed by atoms with Crippen LogP contribution in [0.3, 0.4) is 0 Å². The number of hydrazine groups is 1. The van der Waals surface area contributed by atoms with Crippen LogP contribution in [0.2, 0.25) is 0 Å². The van der Waals surface area contributed by atoms with E-state index in [2.05, 4.69) is 15.3 Å². The molecule has 0 radical (unpaired) electrons. The normalized spacial score (nSPS) is 31.7. The Morgan fingerprint density at radius 3 is 2.58 bits per heavy atom. The van der Waals surface area contributed by atoms with Crippen molar-refractivity contribution in [2.24, 2.45) is 23.2 Å². The fourth-order valence-corrected chi connectivity index (χ4v) is 4.45. The van der Waals surface area contributed by atoms with Crippen LogP contribution in [0.4, 0.5) is 0 Å². The third-order valence-corrected chi connectivity index (χ3v) is 5.84. The Balaban J connectivity index is 1.60. The van der Waals surface area contributed by atoms with Crippen LogP contribution in [-0.4, -0.2) is 45.1 Å². The molecule has 1 aromatic carbocycles. The van der Waals surface area contributed by atoms with Gasteiger partial charge in [0.05, 0.1) is 34.2 Å². The third kappa shape index (κ3) is 2.26. The summed E-state index contributed by atoms with van der Waals surface area (Å²) >= 11 is 0. The minimum absolute atomic E-state index is 0.146. The van der Waals surface area contributed by atoms with E-state index in [0.717, 1.165) is 22.2 Å². The Kier molecular flexibility index (Phi) is 3.61. The molecule has 8 heteroatoms. The Bertz CT molecular complexity index is 898. The lowest BCUT2D eigenvalue weighted by atomic mass is 10.0. The number of aromatic nitrogens is 2. The van der Waals surface area contributed by atoms with E-state index in [0.29, 0.717) is 18.9 Å². The Morgan fingerprint density at radius 2 is 1.92 bits per heavy atom. The number of carbonyl (C=O) groups excluding carboxylic acids is 1. The number of piperidine rings is 1. The number of amides is 1. The molecule has 8 nitrogen and oxygen atoms in total. The molecule has 2 aliphatic rings. The minimum Gasteiger partial charge on any atom is -0.348 e. The number of nitrogens with zero attached hydrogens (tertiary/aromatic N) is 3. The Morgan fingerprint density at radius 1 is 1.27 bits per heavy atom. The smallest absolute Gasteiger partial charge is 0.227 e.